The van der Waals surface area contributed by atoms with Crippen molar-refractivity contribution in [3.63, 3.8) is 0 Å². The molecular weight excluding hydrogens is 442 g/mol. The number of aryl methyl sites for hydroxylation is 1. The van der Waals surface area contributed by atoms with E-state index in [0.29, 0.717) is 24.5 Å². The summed E-state index contributed by atoms with van der Waals surface area (Å²) in [6.45, 7) is 12.9. The van der Waals surface area contributed by atoms with Crippen molar-refractivity contribution in [1.82, 2.24) is 10.3 Å². The summed E-state index contributed by atoms with van der Waals surface area (Å²) in [6, 6.07) is 14.2. The van der Waals surface area contributed by atoms with Crippen molar-refractivity contribution in [2.24, 2.45) is 5.92 Å². The summed E-state index contributed by atoms with van der Waals surface area (Å²) < 4.78 is 0. The first kappa shape index (κ1) is 28.7. The van der Waals surface area contributed by atoms with Crippen molar-refractivity contribution < 1.29 is 5.11 Å². The molecule has 1 saturated heterocycles. The van der Waals surface area contributed by atoms with Gasteiger partial charge in [-0.25, -0.2) is 4.98 Å². The number of nitrogens with one attached hydrogen (secondary N) is 1. The molecule has 2 heterocycles. The lowest BCUT2D eigenvalue weighted by molar-refractivity contribution is 0.282. The van der Waals surface area contributed by atoms with Gasteiger partial charge in [-0.3, -0.25) is 0 Å². The Balaban J connectivity index is 1.59. The number of nitrogens with zero attached hydrogens (tertiary/aromatic N) is 2. The molecule has 1 aliphatic heterocycles. The average Bonchev–Trinajstić information content (AvgIpc) is 2.93. The summed E-state index contributed by atoms with van der Waals surface area (Å²) in [7, 11) is 0. The van der Waals surface area contributed by atoms with E-state index in [9.17, 15) is 0 Å². The van der Waals surface area contributed by atoms with Gasteiger partial charge in [-0.15, -0.1) is 0 Å². The highest BCUT2D eigenvalue weighted by Crippen LogP contribution is 2.33. The zero-order chi connectivity index (χ0) is 25.8. The van der Waals surface area contributed by atoms with Crippen molar-refractivity contribution in [3.8, 4) is 11.3 Å². The van der Waals surface area contributed by atoms with Gasteiger partial charge in [-0.05, 0) is 79.8 Å². The highest BCUT2D eigenvalue weighted by atomic mass is 16.2. The van der Waals surface area contributed by atoms with E-state index in [-0.39, 0.29) is 0 Å². The van der Waals surface area contributed by atoms with Crippen LogP contribution in [0.5, 0.6) is 0 Å². The van der Waals surface area contributed by atoms with Gasteiger partial charge in [0, 0.05) is 31.3 Å². The van der Waals surface area contributed by atoms with Gasteiger partial charge in [0.2, 0.25) is 0 Å². The van der Waals surface area contributed by atoms with Crippen molar-refractivity contribution in [3.05, 3.63) is 47.5 Å². The third kappa shape index (κ3) is 8.31. The van der Waals surface area contributed by atoms with E-state index in [4.69, 9.17) is 10.1 Å². The van der Waals surface area contributed by atoms with Crippen LogP contribution in [0.1, 0.15) is 103 Å². The third-order valence-electron chi connectivity index (χ3n) is 8.25. The Morgan fingerprint density at radius 1 is 1.00 bits per heavy atom. The summed E-state index contributed by atoms with van der Waals surface area (Å²) >= 11 is 0. The second-order valence-corrected chi connectivity index (χ2v) is 10.9. The van der Waals surface area contributed by atoms with E-state index < -0.39 is 0 Å². The fourth-order valence-corrected chi connectivity index (χ4v) is 5.57. The third-order valence-corrected chi connectivity index (χ3v) is 8.25. The topological polar surface area (TPSA) is 48.4 Å². The van der Waals surface area contributed by atoms with Gasteiger partial charge in [0.15, 0.2) is 0 Å². The molecule has 4 heteroatoms. The maximum Gasteiger partial charge on any atom is 0.129 e. The first-order chi connectivity index (χ1) is 17.6. The maximum atomic E-state index is 8.90. The molecule has 3 rings (SSSR count). The molecule has 2 unspecified atom stereocenters. The molecular formula is C32H51N3O. The van der Waals surface area contributed by atoms with E-state index in [1.165, 1.54) is 61.6 Å². The molecule has 1 aliphatic rings. The zero-order valence-corrected chi connectivity index (χ0v) is 23.4. The van der Waals surface area contributed by atoms with E-state index in [1.54, 1.807) is 0 Å². The molecule has 36 heavy (non-hydrogen) atoms. The highest BCUT2D eigenvalue weighted by Gasteiger charge is 2.21. The fourth-order valence-electron chi connectivity index (χ4n) is 5.57. The number of rotatable bonds is 15. The number of hydrogen-bond acceptors (Lipinski definition) is 4. The van der Waals surface area contributed by atoms with Crippen LogP contribution in [0.15, 0.2) is 36.4 Å². The monoisotopic (exact) mass is 493 g/mol. The summed E-state index contributed by atoms with van der Waals surface area (Å²) in [4.78, 5) is 7.56. The van der Waals surface area contributed by atoms with Crippen LogP contribution in [-0.4, -0.2) is 42.4 Å². The standard InChI is InChI=1S/C32H51N3O/c1-5-7-13-25(3)26(4)30-17-16-28(24-27(30)6-2)31-14-12-15-32(34-31)35-21-18-29(19-22-35)33-20-10-8-9-11-23-36/h12,14-17,24-26,29,33,36H,5-11,13,18-23H2,1-4H3. The van der Waals surface area contributed by atoms with E-state index in [0.717, 1.165) is 50.4 Å². The summed E-state index contributed by atoms with van der Waals surface area (Å²) in [6.07, 6.45) is 11.8. The average molecular weight is 494 g/mol. The minimum Gasteiger partial charge on any atom is -0.396 e. The number of benzene rings is 1. The molecule has 2 N–H and O–H groups in total. The van der Waals surface area contributed by atoms with Crippen LogP contribution in [0.4, 0.5) is 5.82 Å². The molecule has 0 radical (unpaired) electrons. The number of unbranched alkanes of at least 4 members (excludes halogenated alkanes) is 4. The molecule has 2 aromatic rings. The number of aliphatic hydroxyl groups excluding tert-OH is 1. The first-order valence-corrected chi connectivity index (χ1v) is 14.8. The Morgan fingerprint density at radius 2 is 1.78 bits per heavy atom. The normalized spacial score (nSPS) is 16.3. The van der Waals surface area contributed by atoms with Crippen LogP contribution in [-0.2, 0) is 6.42 Å². The van der Waals surface area contributed by atoms with Gasteiger partial charge >= 0.3 is 0 Å². The van der Waals surface area contributed by atoms with Crippen molar-refractivity contribution in [2.45, 2.75) is 104 Å². The van der Waals surface area contributed by atoms with Crippen LogP contribution in [0.25, 0.3) is 11.3 Å². The lowest BCUT2D eigenvalue weighted by Crippen LogP contribution is -2.43. The zero-order valence-electron chi connectivity index (χ0n) is 23.4. The predicted octanol–water partition coefficient (Wildman–Crippen LogP) is 7.35. The summed E-state index contributed by atoms with van der Waals surface area (Å²) in [5.41, 5.74) is 5.31. The Bertz CT molecular complexity index is 891. The van der Waals surface area contributed by atoms with Crippen LogP contribution in [0.3, 0.4) is 0 Å². The van der Waals surface area contributed by atoms with Crippen molar-refractivity contribution in [1.29, 1.82) is 0 Å². The van der Waals surface area contributed by atoms with Crippen LogP contribution >= 0.6 is 0 Å². The van der Waals surface area contributed by atoms with Gasteiger partial charge in [0.1, 0.15) is 5.82 Å². The Morgan fingerprint density at radius 3 is 2.50 bits per heavy atom. The van der Waals surface area contributed by atoms with Crippen molar-refractivity contribution >= 4 is 5.82 Å². The van der Waals surface area contributed by atoms with Crippen LogP contribution in [0, 0.1) is 5.92 Å². The molecule has 0 spiro atoms. The summed E-state index contributed by atoms with van der Waals surface area (Å²) in [5.74, 6) is 2.42. The minimum absolute atomic E-state index is 0.323. The van der Waals surface area contributed by atoms with Gasteiger partial charge in [-0.1, -0.05) is 78.0 Å². The number of hydrogen-bond donors (Lipinski definition) is 2. The van der Waals surface area contributed by atoms with Crippen LogP contribution in [0.2, 0.25) is 0 Å². The first-order valence-electron chi connectivity index (χ1n) is 14.8. The van der Waals surface area contributed by atoms with Gasteiger partial charge in [0.05, 0.1) is 5.69 Å². The SMILES string of the molecule is CCCCC(C)C(C)c1ccc(-c2cccc(N3CCC(NCCCCCCO)CC3)n2)cc1CC. The molecule has 0 bridgehead atoms. The number of pyridine rings is 1. The molecule has 0 aliphatic carbocycles. The van der Waals surface area contributed by atoms with Gasteiger partial charge in [0.25, 0.3) is 0 Å². The van der Waals surface area contributed by atoms with E-state index >= 15 is 0 Å². The molecule has 200 valence electrons. The number of anilines is 1. The molecule has 0 saturated carbocycles. The molecule has 1 aromatic heterocycles. The Labute approximate surface area is 220 Å². The fraction of sp³-hybridized carbons (Fsp3) is 0.656. The Kier molecular flexibility index (Phi) is 12.2. The minimum atomic E-state index is 0.323. The molecule has 1 aromatic carbocycles. The number of aliphatic hydroxyl groups is 1. The van der Waals surface area contributed by atoms with E-state index in [1.807, 2.05) is 0 Å². The quantitative estimate of drug-likeness (QED) is 0.255. The van der Waals surface area contributed by atoms with Gasteiger partial charge < -0.3 is 15.3 Å². The largest absolute Gasteiger partial charge is 0.396 e. The highest BCUT2D eigenvalue weighted by molar-refractivity contribution is 5.63. The maximum absolute atomic E-state index is 8.90. The number of aromatic nitrogens is 1. The lowest BCUT2D eigenvalue weighted by Gasteiger charge is -2.33. The molecule has 2 atom stereocenters. The summed E-state index contributed by atoms with van der Waals surface area (Å²) in [5, 5.41) is 12.6. The molecule has 4 nitrogen and oxygen atoms in total. The smallest absolute Gasteiger partial charge is 0.129 e. The second-order valence-electron chi connectivity index (χ2n) is 10.9. The molecule has 1 fully saturated rings. The lowest BCUT2D eigenvalue weighted by atomic mass is 9.82. The van der Waals surface area contributed by atoms with Gasteiger partial charge in [-0.2, -0.15) is 0 Å². The Hall–Kier alpha value is -1.91. The predicted molar refractivity (Wildman–Crippen MR) is 155 cm³/mol. The van der Waals surface area contributed by atoms with E-state index in [2.05, 4.69) is 74.3 Å². The van der Waals surface area contributed by atoms with Crippen molar-refractivity contribution in [2.75, 3.05) is 31.1 Å². The second kappa shape index (κ2) is 15.4. The number of piperidine rings is 1. The van der Waals surface area contributed by atoms with Crippen LogP contribution < -0.4 is 10.2 Å². The molecule has 0 amide bonds.